The van der Waals surface area contributed by atoms with Crippen LogP contribution in [0.15, 0.2) is 22.3 Å². The molecule has 0 radical (unpaired) electrons. The van der Waals surface area contributed by atoms with Gasteiger partial charge in [-0.3, -0.25) is 0 Å². The van der Waals surface area contributed by atoms with Crippen molar-refractivity contribution in [2.75, 3.05) is 12.0 Å². The normalized spacial score (nSPS) is 12.2. The largest absolute Gasteiger partial charge is 0.446 e. The summed E-state index contributed by atoms with van der Waals surface area (Å²) in [5.41, 5.74) is 1.42. The van der Waals surface area contributed by atoms with Gasteiger partial charge in [0, 0.05) is 6.20 Å². The summed E-state index contributed by atoms with van der Waals surface area (Å²) in [5.74, 6) is -0.143. The fraction of sp³-hybridized carbons (Fsp3) is 0.250. The zero-order valence-corrected chi connectivity index (χ0v) is 10.2. The van der Waals surface area contributed by atoms with Gasteiger partial charge in [0.1, 0.15) is 0 Å². The molecule has 0 saturated carbocycles. The van der Waals surface area contributed by atoms with Crippen LogP contribution in [0.25, 0.3) is 5.52 Å². The van der Waals surface area contributed by atoms with E-state index >= 15 is 0 Å². The SMILES string of the molecule is CSc1nccc2c(SC(F)(F)F)c(N)nn12. The number of alkyl halides is 3. The second-order valence-electron chi connectivity index (χ2n) is 2.99. The lowest BCUT2D eigenvalue weighted by molar-refractivity contribution is -0.0327. The van der Waals surface area contributed by atoms with Crippen LogP contribution >= 0.6 is 23.5 Å². The van der Waals surface area contributed by atoms with E-state index in [1.165, 1.54) is 28.5 Å². The highest BCUT2D eigenvalue weighted by molar-refractivity contribution is 8.00. The summed E-state index contributed by atoms with van der Waals surface area (Å²) in [5, 5.41) is 4.35. The Balaban J connectivity index is 2.60. The quantitative estimate of drug-likeness (QED) is 0.677. The van der Waals surface area contributed by atoms with Gasteiger partial charge in [0.05, 0.1) is 10.4 Å². The Hall–Kier alpha value is -1.09. The first kappa shape index (κ1) is 12.4. The van der Waals surface area contributed by atoms with Crippen molar-refractivity contribution in [1.29, 1.82) is 0 Å². The first-order valence-electron chi connectivity index (χ1n) is 4.35. The van der Waals surface area contributed by atoms with E-state index in [1.807, 2.05) is 0 Å². The molecule has 0 fully saturated rings. The van der Waals surface area contributed by atoms with Gasteiger partial charge in [-0.05, 0) is 24.1 Å². The Labute approximate surface area is 103 Å². The lowest BCUT2D eigenvalue weighted by Crippen LogP contribution is -2.00. The minimum absolute atomic E-state index is 0.0878. The Morgan fingerprint density at radius 1 is 1.41 bits per heavy atom. The molecule has 0 aliphatic carbocycles. The van der Waals surface area contributed by atoms with Crippen molar-refractivity contribution in [3.63, 3.8) is 0 Å². The molecular formula is C8H7F3N4S2. The van der Waals surface area contributed by atoms with Gasteiger partial charge in [-0.25, -0.2) is 9.50 Å². The van der Waals surface area contributed by atoms with Crippen LogP contribution in [0.2, 0.25) is 0 Å². The molecule has 0 unspecified atom stereocenters. The van der Waals surface area contributed by atoms with E-state index in [-0.39, 0.29) is 22.5 Å². The molecule has 0 aliphatic rings. The van der Waals surface area contributed by atoms with Crippen molar-refractivity contribution in [2.24, 2.45) is 0 Å². The molecular weight excluding hydrogens is 273 g/mol. The molecule has 2 aromatic rings. The number of nitrogens with two attached hydrogens (primary N) is 1. The Bertz CT molecular complexity index is 551. The second kappa shape index (κ2) is 4.30. The fourth-order valence-electron chi connectivity index (χ4n) is 1.31. The molecule has 0 atom stereocenters. The van der Waals surface area contributed by atoms with E-state index < -0.39 is 5.51 Å². The number of halogens is 3. The summed E-state index contributed by atoms with van der Waals surface area (Å²) in [6.45, 7) is 0. The molecule has 2 N–H and O–H groups in total. The monoisotopic (exact) mass is 280 g/mol. The van der Waals surface area contributed by atoms with Crippen molar-refractivity contribution in [3.8, 4) is 0 Å². The molecule has 2 rings (SSSR count). The van der Waals surface area contributed by atoms with Crippen molar-refractivity contribution in [3.05, 3.63) is 12.3 Å². The lowest BCUT2D eigenvalue weighted by atomic mass is 10.5. The minimum Gasteiger partial charge on any atom is -0.381 e. The third-order valence-corrected chi connectivity index (χ3v) is 3.40. The molecule has 0 aromatic carbocycles. The van der Waals surface area contributed by atoms with Gasteiger partial charge in [-0.2, -0.15) is 13.2 Å². The summed E-state index contributed by atoms with van der Waals surface area (Å²) in [6, 6.07) is 1.46. The zero-order chi connectivity index (χ0) is 12.6. The molecule has 17 heavy (non-hydrogen) atoms. The van der Waals surface area contributed by atoms with Gasteiger partial charge in [-0.15, -0.1) is 5.10 Å². The van der Waals surface area contributed by atoms with Crippen LogP contribution in [-0.4, -0.2) is 26.4 Å². The maximum Gasteiger partial charge on any atom is 0.446 e. The van der Waals surface area contributed by atoms with Crippen LogP contribution in [0.1, 0.15) is 0 Å². The predicted molar refractivity (Wildman–Crippen MR) is 61.1 cm³/mol. The summed E-state index contributed by atoms with van der Waals surface area (Å²) < 4.78 is 38.4. The van der Waals surface area contributed by atoms with E-state index in [4.69, 9.17) is 5.73 Å². The maximum absolute atomic E-state index is 12.4. The molecule has 2 heterocycles. The van der Waals surface area contributed by atoms with Crippen molar-refractivity contribution >= 4 is 34.9 Å². The van der Waals surface area contributed by atoms with Gasteiger partial charge in [0.25, 0.3) is 0 Å². The molecule has 0 spiro atoms. The van der Waals surface area contributed by atoms with Crippen LogP contribution in [0, 0.1) is 0 Å². The number of nitrogen functional groups attached to an aromatic ring is 1. The second-order valence-corrected chi connectivity index (χ2v) is 4.84. The predicted octanol–water partition coefficient (Wildman–Crippen LogP) is 2.65. The van der Waals surface area contributed by atoms with Gasteiger partial charge in [0.2, 0.25) is 0 Å². The smallest absolute Gasteiger partial charge is 0.381 e. The van der Waals surface area contributed by atoms with Crippen LogP contribution < -0.4 is 5.73 Å². The molecule has 2 aromatic heterocycles. The topological polar surface area (TPSA) is 56.2 Å². The van der Waals surface area contributed by atoms with Crippen LogP contribution in [0.5, 0.6) is 0 Å². The molecule has 0 bridgehead atoms. The first-order valence-corrected chi connectivity index (χ1v) is 6.39. The summed E-state index contributed by atoms with van der Waals surface area (Å²) >= 11 is 1.02. The van der Waals surface area contributed by atoms with Gasteiger partial charge in [-0.1, -0.05) is 11.8 Å². The van der Waals surface area contributed by atoms with Crippen molar-refractivity contribution in [2.45, 2.75) is 15.6 Å². The average Bonchev–Trinajstić information content (AvgIpc) is 2.53. The highest BCUT2D eigenvalue weighted by atomic mass is 32.2. The summed E-state index contributed by atoms with van der Waals surface area (Å²) in [4.78, 5) is 3.91. The number of nitrogens with zero attached hydrogens (tertiary/aromatic N) is 3. The Kier molecular flexibility index (Phi) is 3.13. The third kappa shape index (κ3) is 2.44. The summed E-state index contributed by atoms with van der Waals surface area (Å²) in [7, 11) is 0. The van der Waals surface area contributed by atoms with Crippen LogP contribution in [-0.2, 0) is 0 Å². The number of anilines is 1. The molecule has 0 saturated heterocycles. The maximum atomic E-state index is 12.4. The lowest BCUT2D eigenvalue weighted by Gasteiger charge is -2.04. The van der Waals surface area contributed by atoms with Crippen molar-refractivity contribution in [1.82, 2.24) is 14.6 Å². The van der Waals surface area contributed by atoms with Crippen LogP contribution in [0.4, 0.5) is 19.0 Å². The first-order chi connectivity index (χ1) is 7.92. The average molecular weight is 280 g/mol. The number of hydrogen-bond acceptors (Lipinski definition) is 5. The standard InChI is InChI=1S/C8H7F3N4S2/c1-16-7-13-3-2-4-5(17-8(9,10)11)6(12)14-15(4)7/h2-3H,1H3,(H2,12,14). The Morgan fingerprint density at radius 3 is 2.71 bits per heavy atom. The molecule has 9 heteroatoms. The van der Waals surface area contributed by atoms with E-state index in [1.54, 1.807) is 6.26 Å². The molecule has 4 nitrogen and oxygen atoms in total. The summed E-state index contributed by atoms with van der Waals surface area (Å²) in [6.07, 6.45) is 3.19. The number of hydrogen-bond donors (Lipinski definition) is 1. The van der Waals surface area contributed by atoms with Crippen molar-refractivity contribution < 1.29 is 13.2 Å². The van der Waals surface area contributed by atoms with Gasteiger partial charge in [0.15, 0.2) is 11.0 Å². The van der Waals surface area contributed by atoms with E-state index in [9.17, 15) is 13.2 Å². The number of aromatic nitrogens is 3. The minimum atomic E-state index is -4.39. The fourth-order valence-corrected chi connectivity index (χ4v) is 2.43. The highest BCUT2D eigenvalue weighted by Crippen LogP contribution is 2.42. The molecule has 0 amide bonds. The number of fused-ring (bicyclic) bond motifs is 1. The molecule has 92 valence electrons. The number of thioether (sulfide) groups is 2. The Morgan fingerprint density at radius 2 is 2.12 bits per heavy atom. The zero-order valence-electron chi connectivity index (χ0n) is 8.52. The molecule has 0 aliphatic heterocycles. The third-order valence-electron chi connectivity index (χ3n) is 1.90. The van der Waals surface area contributed by atoms with Gasteiger partial charge >= 0.3 is 5.51 Å². The highest BCUT2D eigenvalue weighted by Gasteiger charge is 2.32. The number of rotatable bonds is 2. The van der Waals surface area contributed by atoms with E-state index in [2.05, 4.69) is 10.1 Å². The van der Waals surface area contributed by atoms with E-state index in [0.717, 1.165) is 0 Å². The van der Waals surface area contributed by atoms with Gasteiger partial charge < -0.3 is 5.73 Å². The van der Waals surface area contributed by atoms with E-state index in [0.29, 0.717) is 10.7 Å². The van der Waals surface area contributed by atoms with Crippen LogP contribution in [0.3, 0.4) is 0 Å².